The SMILES string of the molecule is CC(N)C(C)S(=O)(=O)c1cc(F)ccc1F. The zero-order valence-corrected chi connectivity index (χ0v) is 9.76. The third kappa shape index (κ3) is 2.38. The molecule has 0 radical (unpaired) electrons. The monoisotopic (exact) mass is 249 g/mol. The predicted octanol–water partition coefficient (Wildman–Crippen LogP) is 1.47. The van der Waals surface area contributed by atoms with Crippen LogP contribution >= 0.6 is 0 Å². The van der Waals surface area contributed by atoms with Gasteiger partial charge in [-0.05, 0) is 32.0 Å². The maximum Gasteiger partial charge on any atom is 0.185 e. The number of nitrogens with two attached hydrogens (primary N) is 1. The predicted molar refractivity (Wildman–Crippen MR) is 56.7 cm³/mol. The standard InChI is InChI=1S/C10H13F2NO2S/c1-6(13)7(2)16(14,15)10-5-8(11)3-4-9(10)12/h3-7H,13H2,1-2H3. The normalized spacial score (nSPS) is 15.8. The molecule has 0 amide bonds. The second-order valence-electron chi connectivity index (χ2n) is 3.68. The van der Waals surface area contributed by atoms with Gasteiger partial charge in [0.25, 0.3) is 0 Å². The first kappa shape index (κ1) is 13.1. The zero-order valence-electron chi connectivity index (χ0n) is 8.94. The van der Waals surface area contributed by atoms with Crippen molar-refractivity contribution in [2.75, 3.05) is 0 Å². The molecule has 2 unspecified atom stereocenters. The van der Waals surface area contributed by atoms with Crippen LogP contribution in [0.4, 0.5) is 8.78 Å². The molecule has 0 heterocycles. The molecule has 0 spiro atoms. The molecule has 0 saturated heterocycles. The Hall–Kier alpha value is -1.01. The average Bonchev–Trinajstić information content (AvgIpc) is 2.20. The lowest BCUT2D eigenvalue weighted by Gasteiger charge is -2.16. The highest BCUT2D eigenvalue weighted by Crippen LogP contribution is 2.21. The second-order valence-corrected chi connectivity index (χ2v) is 5.96. The van der Waals surface area contributed by atoms with Gasteiger partial charge in [0.15, 0.2) is 9.84 Å². The first-order valence-electron chi connectivity index (χ1n) is 4.71. The van der Waals surface area contributed by atoms with Crippen molar-refractivity contribution in [3.8, 4) is 0 Å². The van der Waals surface area contributed by atoms with E-state index < -0.39 is 37.7 Å². The van der Waals surface area contributed by atoms with Gasteiger partial charge < -0.3 is 5.73 Å². The summed E-state index contributed by atoms with van der Waals surface area (Å²) in [4.78, 5) is -0.641. The molecule has 16 heavy (non-hydrogen) atoms. The van der Waals surface area contributed by atoms with Crippen LogP contribution in [-0.4, -0.2) is 19.7 Å². The summed E-state index contributed by atoms with van der Waals surface area (Å²) in [7, 11) is -3.93. The van der Waals surface area contributed by atoms with E-state index in [4.69, 9.17) is 5.73 Å². The fraction of sp³-hybridized carbons (Fsp3) is 0.400. The summed E-state index contributed by atoms with van der Waals surface area (Å²) in [6, 6.07) is 1.66. The Morgan fingerprint density at radius 2 is 1.81 bits per heavy atom. The van der Waals surface area contributed by atoms with Gasteiger partial charge in [-0.15, -0.1) is 0 Å². The van der Waals surface area contributed by atoms with Crippen molar-refractivity contribution in [1.29, 1.82) is 0 Å². The molecule has 3 nitrogen and oxygen atoms in total. The molecule has 0 fully saturated rings. The van der Waals surface area contributed by atoms with E-state index in [9.17, 15) is 17.2 Å². The summed E-state index contributed by atoms with van der Waals surface area (Å²) in [6.45, 7) is 2.86. The molecule has 0 aliphatic heterocycles. The quantitative estimate of drug-likeness (QED) is 0.882. The number of hydrogen-bond donors (Lipinski definition) is 1. The third-order valence-electron chi connectivity index (χ3n) is 2.43. The van der Waals surface area contributed by atoms with Crippen LogP contribution in [0.3, 0.4) is 0 Å². The largest absolute Gasteiger partial charge is 0.327 e. The van der Waals surface area contributed by atoms with E-state index in [2.05, 4.69) is 0 Å². The van der Waals surface area contributed by atoms with Gasteiger partial charge >= 0.3 is 0 Å². The van der Waals surface area contributed by atoms with E-state index in [-0.39, 0.29) is 0 Å². The maximum absolute atomic E-state index is 13.3. The van der Waals surface area contributed by atoms with Crippen LogP contribution < -0.4 is 5.73 Å². The number of hydrogen-bond acceptors (Lipinski definition) is 3. The molecule has 0 aliphatic rings. The fourth-order valence-corrected chi connectivity index (χ4v) is 2.76. The molecule has 2 N–H and O–H groups in total. The summed E-state index contributed by atoms with van der Waals surface area (Å²) in [5.41, 5.74) is 5.45. The highest BCUT2D eigenvalue weighted by Gasteiger charge is 2.29. The number of halogens is 2. The first-order valence-corrected chi connectivity index (χ1v) is 6.26. The molecule has 0 bridgehead atoms. The molecule has 0 saturated carbocycles. The molecule has 1 rings (SSSR count). The van der Waals surface area contributed by atoms with Crippen LogP contribution in [-0.2, 0) is 9.84 Å². The topological polar surface area (TPSA) is 60.2 Å². The van der Waals surface area contributed by atoms with E-state index in [1.165, 1.54) is 13.8 Å². The Kier molecular flexibility index (Phi) is 3.64. The molecule has 1 aromatic carbocycles. The second kappa shape index (κ2) is 4.47. The van der Waals surface area contributed by atoms with Crippen molar-refractivity contribution in [3.05, 3.63) is 29.8 Å². The Morgan fingerprint density at radius 1 is 1.25 bits per heavy atom. The molecular weight excluding hydrogens is 236 g/mol. The van der Waals surface area contributed by atoms with Crippen molar-refractivity contribution in [3.63, 3.8) is 0 Å². The van der Waals surface area contributed by atoms with Gasteiger partial charge in [0.1, 0.15) is 16.5 Å². The van der Waals surface area contributed by atoms with E-state index >= 15 is 0 Å². The van der Waals surface area contributed by atoms with E-state index in [1.807, 2.05) is 0 Å². The Balaban J connectivity index is 3.32. The smallest absolute Gasteiger partial charge is 0.185 e. The van der Waals surface area contributed by atoms with Crippen molar-refractivity contribution >= 4 is 9.84 Å². The summed E-state index contributed by atoms with van der Waals surface area (Å²) < 4.78 is 49.9. The number of sulfone groups is 1. The minimum absolute atomic E-state index is 0.641. The van der Waals surface area contributed by atoms with Gasteiger partial charge in [-0.3, -0.25) is 0 Å². The summed E-state index contributed by atoms with van der Waals surface area (Å²) >= 11 is 0. The van der Waals surface area contributed by atoms with E-state index in [0.29, 0.717) is 6.07 Å². The molecule has 90 valence electrons. The molecule has 0 aromatic heterocycles. The number of benzene rings is 1. The van der Waals surface area contributed by atoms with Crippen LogP contribution in [0.15, 0.2) is 23.1 Å². The van der Waals surface area contributed by atoms with Gasteiger partial charge in [-0.25, -0.2) is 17.2 Å². The Bertz CT molecular complexity index is 486. The van der Waals surface area contributed by atoms with Crippen molar-refractivity contribution in [2.45, 2.75) is 30.0 Å². The van der Waals surface area contributed by atoms with Crippen LogP contribution in [0.25, 0.3) is 0 Å². The van der Waals surface area contributed by atoms with E-state index in [0.717, 1.165) is 12.1 Å². The molecule has 6 heteroatoms. The van der Waals surface area contributed by atoms with Gasteiger partial charge in [-0.2, -0.15) is 0 Å². The molecule has 1 aromatic rings. The van der Waals surface area contributed by atoms with Crippen LogP contribution in [0.1, 0.15) is 13.8 Å². The van der Waals surface area contributed by atoms with Crippen LogP contribution in [0.5, 0.6) is 0 Å². The zero-order chi connectivity index (χ0) is 12.5. The summed E-state index contributed by atoms with van der Waals surface area (Å²) in [5, 5.41) is -0.969. The van der Waals surface area contributed by atoms with Gasteiger partial charge in [-0.1, -0.05) is 0 Å². The van der Waals surface area contributed by atoms with Gasteiger partial charge in [0.2, 0.25) is 0 Å². The van der Waals surface area contributed by atoms with Crippen molar-refractivity contribution in [2.24, 2.45) is 5.73 Å². The van der Waals surface area contributed by atoms with E-state index in [1.54, 1.807) is 0 Å². The van der Waals surface area contributed by atoms with Crippen LogP contribution in [0, 0.1) is 11.6 Å². The van der Waals surface area contributed by atoms with Crippen LogP contribution in [0.2, 0.25) is 0 Å². The number of rotatable bonds is 3. The van der Waals surface area contributed by atoms with Crippen molar-refractivity contribution in [1.82, 2.24) is 0 Å². The minimum atomic E-state index is -3.93. The minimum Gasteiger partial charge on any atom is -0.327 e. The highest BCUT2D eigenvalue weighted by molar-refractivity contribution is 7.92. The molecular formula is C10H13F2NO2S. The fourth-order valence-electron chi connectivity index (χ4n) is 1.18. The lowest BCUT2D eigenvalue weighted by molar-refractivity contribution is 0.539. The Morgan fingerprint density at radius 3 is 2.31 bits per heavy atom. The lowest BCUT2D eigenvalue weighted by atomic mass is 10.3. The molecule has 2 atom stereocenters. The van der Waals surface area contributed by atoms with Gasteiger partial charge in [0, 0.05) is 6.04 Å². The maximum atomic E-state index is 13.3. The average molecular weight is 249 g/mol. The first-order chi connectivity index (χ1) is 7.26. The summed E-state index contributed by atoms with van der Waals surface area (Å²) in [6.07, 6.45) is 0. The summed E-state index contributed by atoms with van der Waals surface area (Å²) in [5.74, 6) is -1.76. The highest BCUT2D eigenvalue weighted by atomic mass is 32.2. The lowest BCUT2D eigenvalue weighted by Crippen LogP contribution is -2.36. The third-order valence-corrected chi connectivity index (χ3v) is 4.76. The van der Waals surface area contributed by atoms with Crippen molar-refractivity contribution < 1.29 is 17.2 Å². The molecule has 0 aliphatic carbocycles. The van der Waals surface area contributed by atoms with Gasteiger partial charge in [0.05, 0.1) is 5.25 Å². The Labute approximate surface area is 93.2 Å².